The molecule has 1 unspecified atom stereocenters. The van der Waals surface area contributed by atoms with Crippen molar-refractivity contribution in [1.29, 1.82) is 0 Å². The summed E-state index contributed by atoms with van der Waals surface area (Å²) in [6, 6.07) is 8.30. The van der Waals surface area contributed by atoms with E-state index in [4.69, 9.17) is 36.4 Å². The number of para-hydroxylation sites is 2. The number of fused-ring (bicyclic) bond motifs is 1. The molecule has 9 nitrogen and oxygen atoms in total. The first-order chi connectivity index (χ1) is 15.6. The highest BCUT2D eigenvalue weighted by atomic mass is 35.5. The van der Waals surface area contributed by atoms with Crippen LogP contribution in [-0.2, 0) is 22.7 Å². The molecule has 0 fully saturated rings. The Labute approximate surface area is 201 Å². The van der Waals surface area contributed by atoms with Gasteiger partial charge in [0.1, 0.15) is 11.0 Å². The van der Waals surface area contributed by atoms with Crippen LogP contribution < -0.4 is 5.32 Å². The zero-order chi connectivity index (χ0) is 24.5. The number of rotatable bonds is 9. The Bertz CT molecular complexity index is 1040. The number of aliphatic carboxylic acids is 2. The molecular weight excluding hydrogens is 466 g/mol. The fraction of sp³-hybridized carbons (Fsp3) is 0.455. The van der Waals surface area contributed by atoms with Crippen molar-refractivity contribution in [1.82, 2.24) is 25.1 Å². The van der Waals surface area contributed by atoms with Crippen LogP contribution >= 0.6 is 23.4 Å². The lowest BCUT2D eigenvalue weighted by molar-refractivity contribution is -0.159. The van der Waals surface area contributed by atoms with Crippen LogP contribution in [0.4, 0.5) is 0 Å². The van der Waals surface area contributed by atoms with Crippen LogP contribution in [0.3, 0.4) is 0 Å². The van der Waals surface area contributed by atoms with E-state index in [0.29, 0.717) is 12.5 Å². The number of hydrogen-bond acceptors (Lipinski definition) is 6. The van der Waals surface area contributed by atoms with Gasteiger partial charge in [0, 0.05) is 18.7 Å². The van der Waals surface area contributed by atoms with Gasteiger partial charge in [0.15, 0.2) is 0 Å². The lowest BCUT2D eigenvalue weighted by Crippen LogP contribution is -2.23. The lowest BCUT2D eigenvalue weighted by Gasteiger charge is -2.16. The second-order valence-corrected chi connectivity index (χ2v) is 9.24. The van der Waals surface area contributed by atoms with Crippen molar-refractivity contribution in [2.24, 2.45) is 5.92 Å². The minimum atomic E-state index is -1.82. The standard InChI is InChI=1S/C20H28ClN5S.C2H2O4/c1-13(2)12-26-19(21)15(14(3)25-26)11-22-18(9-10-27-4)20-23-16-7-5-6-8-17(16)24-20;3-1(4)2(5)6/h5-8,13,18,22H,9-12H2,1-4H3,(H,23,24);(H,3,4)(H,5,6). The van der Waals surface area contributed by atoms with Crippen molar-refractivity contribution in [2.75, 3.05) is 12.0 Å². The van der Waals surface area contributed by atoms with E-state index < -0.39 is 11.9 Å². The highest BCUT2D eigenvalue weighted by molar-refractivity contribution is 7.98. The number of carbonyl (C=O) groups is 2. The zero-order valence-electron chi connectivity index (χ0n) is 19.1. The Morgan fingerprint density at radius 3 is 2.48 bits per heavy atom. The van der Waals surface area contributed by atoms with Crippen LogP contribution in [0.5, 0.6) is 0 Å². The Balaban J connectivity index is 0.000000569. The number of hydrogen-bond donors (Lipinski definition) is 4. The van der Waals surface area contributed by atoms with Crippen molar-refractivity contribution in [3.63, 3.8) is 0 Å². The zero-order valence-corrected chi connectivity index (χ0v) is 20.7. The third kappa shape index (κ3) is 7.76. The summed E-state index contributed by atoms with van der Waals surface area (Å²) in [5, 5.41) is 23.8. The van der Waals surface area contributed by atoms with Gasteiger partial charge in [-0.05, 0) is 43.4 Å². The molecule has 11 heteroatoms. The molecule has 1 atom stereocenters. The lowest BCUT2D eigenvalue weighted by atomic mass is 10.2. The highest BCUT2D eigenvalue weighted by Crippen LogP contribution is 2.24. The van der Waals surface area contributed by atoms with E-state index >= 15 is 0 Å². The molecule has 0 saturated carbocycles. The van der Waals surface area contributed by atoms with E-state index in [9.17, 15) is 0 Å². The molecule has 0 saturated heterocycles. The van der Waals surface area contributed by atoms with Gasteiger partial charge in [-0.15, -0.1) is 0 Å². The minimum absolute atomic E-state index is 0.147. The van der Waals surface area contributed by atoms with Crippen LogP contribution in [0.1, 0.15) is 43.4 Å². The van der Waals surface area contributed by atoms with E-state index in [2.05, 4.69) is 41.6 Å². The van der Waals surface area contributed by atoms with Gasteiger partial charge in [0.25, 0.3) is 0 Å². The molecule has 0 aliphatic heterocycles. The van der Waals surface area contributed by atoms with Gasteiger partial charge in [0.05, 0.1) is 22.8 Å². The number of aromatic amines is 1. The quantitative estimate of drug-likeness (QED) is 0.326. The smallest absolute Gasteiger partial charge is 0.414 e. The van der Waals surface area contributed by atoms with E-state index in [0.717, 1.165) is 52.0 Å². The number of imidazole rings is 1. The van der Waals surface area contributed by atoms with Crippen molar-refractivity contribution < 1.29 is 19.8 Å². The number of aromatic nitrogens is 4. The molecule has 33 heavy (non-hydrogen) atoms. The van der Waals surface area contributed by atoms with Crippen molar-refractivity contribution in [3.05, 3.63) is 46.5 Å². The number of carboxylic acids is 2. The third-order valence-corrected chi connectivity index (χ3v) is 5.84. The van der Waals surface area contributed by atoms with Gasteiger partial charge >= 0.3 is 11.9 Å². The predicted molar refractivity (Wildman–Crippen MR) is 131 cm³/mol. The molecule has 0 radical (unpaired) electrons. The summed E-state index contributed by atoms with van der Waals surface area (Å²) in [6.07, 6.45) is 3.13. The topological polar surface area (TPSA) is 133 Å². The van der Waals surface area contributed by atoms with E-state index in [1.165, 1.54) is 0 Å². The Hall–Kier alpha value is -2.56. The second kappa shape index (κ2) is 12.6. The highest BCUT2D eigenvalue weighted by Gasteiger charge is 2.19. The molecule has 0 spiro atoms. The van der Waals surface area contributed by atoms with E-state index in [1.54, 1.807) is 0 Å². The molecule has 4 N–H and O–H groups in total. The maximum atomic E-state index is 9.10. The van der Waals surface area contributed by atoms with Crippen LogP contribution in [0.15, 0.2) is 24.3 Å². The first-order valence-electron chi connectivity index (χ1n) is 10.5. The Morgan fingerprint density at radius 2 is 1.91 bits per heavy atom. The van der Waals surface area contributed by atoms with E-state index in [-0.39, 0.29) is 6.04 Å². The summed E-state index contributed by atoms with van der Waals surface area (Å²) in [4.78, 5) is 26.5. The number of nitrogens with one attached hydrogen (secondary N) is 2. The molecule has 1 aromatic carbocycles. The van der Waals surface area contributed by atoms with Gasteiger partial charge in [-0.2, -0.15) is 16.9 Å². The molecule has 3 aromatic rings. The fourth-order valence-electron chi connectivity index (χ4n) is 3.19. The maximum Gasteiger partial charge on any atom is 0.414 e. The summed E-state index contributed by atoms with van der Waals surface area (Å²) in [7, 11) is 0. The fourth-order valence-corrected chi connectivity index (χ4v) is 3.97. The summed E-state index contributed by atoms with van der Waals surface area (Å²) in [5.41, 5.74) is 4.13. The molecule has 0 bridgehead atoms. The van der Waals surface area contributed by atoms with Gasteiger partial charge in [-0.25, -0.2) is 14.6 Å². The molecule has 0 aliphatic carbocycles. The molecule has 0 amide bonds. The molecule has 180 valence electrons. The number of nitrogens with zero attached hydrogens (tertiary/aromatic N) is 3. The van der Waals surface area contributed by atoms with Gasteiger partial charge in [-0.1, -0.05) is 37.6 Å². The predicted octanol–water partition coefficient (Wildman–Crippen LogP) is 4.12. The number of aryl methyl sites for hydroxylation is 1. The van der Waals surface area contributed by atoms with Crippen LogP contribution in [0, 0.1) is 12.8 Å². The van der Waals surface area contributed by atoms with Crippen molar-refractivity contribution in [2.45, 2.75) is 46.3 Å². The van der Waals surface area contributed by atoms with Gasteiger partial charge < -0.3 is 20.5 Å². The van der Waals surface area contributed by atoms with E-state index in [1.807, 2.05) is 41.6 Å². The number of H-pyrrole nitrogens is 1. The second-order valence-electron chi connectivity index (χ2n) is 7.90. The normalized spacial score (nSPS) is 11.9. The first kappa shape index (κ1) is 26.7. The number of halogens is 1. The summed E-state index contributed by atoms with van der Waals surface area (Å²) in [6.45, 7) is 7.88. The largest absolute Gasteiger partial charge is 0.473 e. The van der Waals surface area contributed by atoms with Gasteiger partial charge in [0.2, 0.25) is 0 Å². The SMILES string of the molecule is CSCCC(NCc1c(C)nn(CC(C)C)c1Cl)c1nc2ccccc2[nH]1.O=C(O)C(=O)O. The van der Waals surface area contributed by atoms with Crippen molar-refractivity contribution in [3.8, 4) is 0 Å². The molecule has 3 rings (SSSR count). The average molecular weight is 496 g/mol. The number of carboxylic acid groups (broad SMARTS) is 2. The number of thioether (sulfide) groups is 1. The molecule has 2 aromatic heterocycles. The molecular formula is C22H30ClN5O4S. The first-order valence-corrected chi connectivity index (χ1v) is 12.3. The molecule has 2 heterocycles. The molecule has 0 aliphatic rings. The summed E-state index contributed by atoms with van der Waals surface area (Å²) < 4.78 is 1.91. The minimum Gasteiger partial charge on any atom is -0.473 e. The third-order valence-electron chi connectivity index (χ3n) is 4.78. The van der Waals surface area contributed by atoms with Crippen LogP contribution in [0.25, 0.3) is 11.0 Å². The Kier molecular flexibility index (Phi) is 10.2. The Morgan fingerprint density at radius 1 is 1.24 bits per heavy atom. The van der Waals surface area contributed by atoms with Crippen molar-refractivity contribution >= 4 is 46.3 Å². The number of benzene rings is 1. The maximum absolute atomic E-state index is 9.10. The monoisotopic (exact) mass is 495 g/mol. The van der Waals surface area contributed by atoms with Crippen LogP contribution in [-0.4, -0.2) is 53.9 Å². The van der Waals surface area contributed by atoms with Gasteiger partial charge in [-0.3, -0.25) is 4.68 Å². The average Bonchev–Trinajstić information content (AvgIpc) is 3.29. The summed E-state index contributed by atoms with van der Waals surface area (Å²) in [5.74, 6) is -1.10. The van der Waals surface area contributed by atoms with Crippen LogP contribution in [0.2, 0.25) is 5.15 Å². The summed E-state index contributed by atoms with van der Waals surface area (Å²) >= 11 is 8.45.